The summed E-state index contributed by atoms with van der Waals surface area (Å²) in [4.78, 5) is 14.0. The average Bonchev–Trinajstić information content (AvgIpc) is 3.17. The zero-order valence-corrected chi connectivity index (χ0v) is 15.5. The van der Waals surface area contributed by atoms with Gasteiger partial charge in [0.1, 0.15) is 0 Å². The number of carbonyl (C=O) groups is 1. The number of rotatable bonds is 3. The first kappa shape index (κ1) is 17.0. The second kappa shape index (κ2) is 6.40. The fourth-order valence-electron chi connectivity index (χ4n) is 4.92. The molecule has 1 aromatic rings. The molecule has 0 spiro atoms. The number of hydrogen-bond donors (Lipinski definition) is 0. The van der Waals surface area contributed by atoms with Crippen molar-refractivity contribution in [3.63, 3.8) is 0 Å². The van der Waals surface area contributed by atoms with E-state index in [1.54, 1.807) is 33.5 Å². The fraction of sp³-hybridized carbons (Fsp3) is 0.632. The van der Waals surface area contributed by atoms with E-state index in [1.807, 2.05) is 6.92 Å². The van der Waals surface area contributed by atoms with Crippen LogP contribution in [0.5, 0.6) is 0 Å². The molecule has 3 aliphatic rings. The lowest BCUT2D eigenvalue weighted by Gasteiger charge is -2.32. The van der Waals surface area contributed by atoms with Crippen molar-refractivity contribution >= 4 is 21.6 Å². The predicted octanol–water partition coefficient (Wildman–Crippen LogP) is 3.16. The highest BCUT2D eigenvalue weighted by Gasteiger charge is 2.46. The molecule has 136 valence electrons. The van der Waals surface area contributed by atoms with E-state index in [0.717, 1.165) is 44.3 Å². The molecule has 1 aliphatic carbocycles. The van der Waals surface area contributed by atoms with Crippen molar-refractivity contribution in [1.29, 1.82) is 0 Å². The summed E-state index contributed by atoms with van der Waals surface area (Å²) in [6.07, 6.45) is 6.90. The molecule has 3 atom stereocenters. The third-order valence-electron chi connectivity index (χ3n) is 6.07. The van der Waals surface area contributed by atoms with Crippen molar-refractivity contribution < 1.29 is 13.2 Å². The second-order valence-electron chi connectivity index (χ2n) is 7.67. The minimum absolute atomic E-state index is 0.0675. The maximum Gasteiger partial charge on any atom is 0.243 e. The molecule has 1 saturated carbocycles. The maximum absolute atomic E-state index is 13.2. The number of anilines is 1. The van der Waals surface area contributed by atoms with Crippen molar-refractivity contribution in [2.75, 3.05) is 11.4 Å². The Morgan fingerprint density at radius 3 is 2.44 bits per heavy atom. The molecule has 3 fully saturated rings. The van der Waals surface area contributed by atoms with Gasteiger partial charge in [0.2, 0.25) is 15.9 Å². The topological polar surface area (TPSA) is 57.7 Å². The molecule has 0 aromatic heterocycles. The number of benzene rings is 1. The van der Waals surface area contributed by atoms with Crippen LogP contribution in [0.25, 0.3) is 0 Å². The summed E-state index contributed by atoms with van der Waals surface area (Å²) in [5.74, 6) is 0.633. The monoisotopic (exact) mass is 362 g/mol. The van der Waals surface area contributed by atoms with E-state index in [0.29, 0.717) is 17.2 Å². The Kier molecular flexibility index (Phi) is 4.36. The molecule has 0 radical (unpaired) electrons. The number of carbonyl (C=O) groups excluding carboxylic acids is 1. The van der Waals surface area contributed by atoms with Crippen LogP contribution in [-0.4, -0.2) is 37.3 Å². The summed E-state index contributed by atoms with van der Waals surface area (Å²) in [7, 11) is -3.48. The summed E-state index contributed by atoms with van der Waals surface area (Å²) in [6, 6.07) is 7.11. The van der Waals surface area contributed by atoms with Crippen LogP contribution in [0, 0.1) is 5.92 Å². The first-order valence-corrected chi connectivity index (χ1v) is 10.9. The van der Waals surface area contributed by atoms with Gasteiger partial charge in [-0.3, -0.25) is 4.79 Å². The lowest BCUT2D eigenvalue weighted by atomic mass is 9.85. The van der Waals surface area contributed by atoms with Crippen LogP contribution >= 0.6 is 0 Å². The Morgan fingerprint density at radius 2 is 1.76 bits per heavy atom. The lowest BCUT2D eigenvalue weighted by Crippen LogP contribution is -2.42. The summed E-state index contributed by atoms with van der Waals surface area (Å²) in [5, 5.41) is 0. The van der Waals surface area contributed by atoms with Gasteiger partial charge in [-0.05, 0) is 62.8 Å². The molecule has 4 rings (SSSR count). The van der Waals surface area contributed by atoms with E-state index in [9.17, 15) is 13.2 Å². The lowest BCUT2D eigenvalue weighted by molar-refractivity contribution is -0.117. The van der Waals surface area contributed by atoms with Gasteiger partial charge in [0, 0.05) is 30.7 Å². The second-order valence-corrected chi connectivity index (χ2v) is 9.52. The van der Waals surface area contributed by atoms with Gasteiger partial charge in [-0.2, -0.15) is 4.31 Å². The summed E-state index contributed by atoms with van der Waals surface area (Å²) < 4.78 is 28.3. The van der Waals surface area contributed by atoms with Gasteiger partial charge in [0.05, 0.1) is 4.90 Å². The molecule has 0 unspecified atom stereocenters. The first-order valence-electron chi connectivity index (χ1n) is 9.42. The number of hydrogen-bond acceptors (Lipinski definition) is 3. The SMILES string of the molecule is C[C@@H]1C[C@H]2CCCC[C@@H]2N1S(=O)(=O)c1ccc(N2CCCC2=O)cc1. The minimum atomic E-state index is -3.48. The average molecular weight is 362 g/mol. The van der Waals surface area contributed by atoms with Crippen LogP contribution in [0.4, 0.5) is 5.69 Å². The van der Waals surface area contributed by atoms with Gasteiger partial charge >= 0.3 is 0 Å². The number of nitrogens with zero attached hydrogens (tertiary/aromatic N) is 2. The molecular weight excluding hydrogens is 336 g/mol. The van der Waals surface area contributed by atoms with Crippen molar-refractivity contribution in [2.45, 2.75) is 68.8 Å². The molecule has 0 bridgehead atoms. The Morgan fingerprint density at radius 1 is 1.04 bits per heavy atom. The van der Waals surface area contributed by atoms with Crippen molar-refractivity contribution in [2.24, 2.45) is 5.92 Å². The van der Waals surface area contributed by atoms with Crippen LogP contribution in [-0.2, 0) is 14.8 Å². The molecule has 5 nitrogen and oxygen atoms in total. The van der Waals surface area contributed by atoms with Crippen LogP contribution < -0.4 is 4.90 Å². The Bertz CT molecular complexity index is 759. The third kappa shape index (κ3) is 2.89. The maximum atomic E-state index is 13.2. The quantitative estimate of drug-likeness (QED) is 0.830. The molecule has 25 heavy (non-hydrogen) atoms. The molecule has 2 heterocycles. The van der Waals surface area contributed by atoms with Crippen LogP contribution in [0.15, 0.2) is 29.2 Å². The van der Waals surface area contributed by atoms with Crippen molar-refractivity contribution in [3.05, 3.63) is 24.3 Å². The standard InChI is InChI=1S/C19H26N2O3S/c1-14-13-15-5-2-3-6-18(15)21(14)25(23,24)17-10-8-16(9-11-17)20-12-4-7-19(20)22/h8-11,14-15,18H,2-7,12-13H2,1H3/t14-,15-,18+/m1/s1. The predicted molar refractivity (Wildman–Crippen MR) is 96.9 cm³/mol. The summed E-state index contributed by atoms with van der Waals surface area (Å²) in [6.45, 7) is 2.75. The Hall–Kier alpha value is -1.40. The van der Waals surface area contributed by atoms with Crippen molar-refractivity contribution in [1.82, 2.24) is 4.31 Å². The van der Waals surface area contributed by atoms with Gasteiger partial charge in [-0.1, -0.05) is 12.8 Å². The zero-order chi connectivity index (χ0) is 17.6. The van der Waals surface area contributed by atoms with E-state index in [-0.39, 0.29) is 18.0 Å². The summed E-state index contributed by atoms with van der Waals surface area (Å²) >= 11 is 0. The normalized spacial score (nSPS) is 30.7. The molecular formula is C19H26N2O3S. The largest absolute Gasteiger partial charge is 0.312 e. The number of amides is 1. The molecule has 1 amide bonds. The van der Waals surface area contributed by atoms with E-state index in [1.165, 1.54) is 6.42 Å². The van der Waals surface area contributed by atoms with Gasteiger partial charge in [0.15, 0.2) is 0 Å². The van der Waals surface area contributed by atoms with E-state index in [4.69, 9.17) is 0 Å². The zero-order valence-electron chi connectivity index (χ0n) is 14.7. The summed E-state index contributed by atoms with van der Waals surface area (Å²) in [5.41, 5.74) is 0.798. The smallest absolute Gasteiger partial charge is 0.243 e. The Balaban J connectivity index is 1.60. The highest BCUT2D eigenvalue weighted by Crippen LogP contribution is 2.42. The number of sulfonamides is 1. The first-order chi connectivity index (χ1) is 12.0. The van der Waals surface area contributed by atoms with Gasteiger partial charge in [0.25, 0.3) is 0 Å². The van der Waals surface area contributed by atoms with Gasteiger partial charge in [-0.25, -0.2) is 8.42 Å². The van der Waals surface area contributed by atoms with E-state index >= 15 is 0 Å². The van der Waals surface area contributed by atoms with Crippen LogP contribution in [0.2, 0.25) is 0 Å². The molecule has 0 N–H and O–H groups in total. The van der Waals surface area contributed by atoms with Crippen LogP contribution in [0.1, 0.15) is 51.9 Å². The van der Waals surface area contributed by atoms with E-state index in [2.05, 4.69) is 0 Å². The van der Waals surface area contributed by atoms with Crippen molar-refractivity contribution in [3.8, 4) is 0 Å². The fourth-order valence-corrected chi connectivity index (χ4v) is 6.84. The molecule has 2 aliphatic heterocycles. The molecule has 6 heteroatoms. The van der Waals surface area contributed by atoms with E-state index < -0.39 is 10.0 Å². The molecule has 2 saturated heterocycles. The highest BCUT2D eigenvalue weighted by atomic mass is 32.2. The van der Waals surface area contributed by atoms with Crippen LogP contribution in [0.3, 0.4) is 0 Å². The minimum Gasteiger partial charge on any atom is -0.312 e. The molecule has 1 aromatic carbocycles. The third-order valence-corrected chi connectivity index (χ3v) is 8.12. The van der Waals surface area contributed by atoms with Gasteiger partial charge < -0.3 is 4.90 Å². The Labute approximate surface area is 150 Å². The highest BCUT2D eigenvalue weighted by molar-refractivity contribution is 7.89. The van der Waals surface area contributed by atoms with Gasteiger partial charge in [-0.15, -0.1) is 0 Å². The number of fused-ring (bicyclic) bond motifs is 1.